The van der Waals surface area contributed by atoms with Crippen molar-refractivity contribution in [3.05, 3.63) is 66.1 Å². The molecular formula is C21H22N6O3. The smallest absolute Gasteiger partial charge is 0.325 e. The molecule has 9 nitrogen and oxygen atoms in total. The summed E-state index contributed by atoms with van der Waals surface area (Å²) in [4.78, 5) is 38.5. The molecule has 3 aromatic rings. The fourth-order valence-electron chi connectivity index (χ4n) is 3.49. The Morgan fingerprint density at radius 2 is 1.87 bits per heavy atom. The minimum Gasteiger partial charge on any atom is -0.347 e. The van der Waals surface area contributed by atoms with Gasteiger partial charge in [-0.2, -0.15) is 0 Å². The van der Waals surface area contributed by atoms with Crippen LogP contribution in [0, 0.1) is 0 Å². The molecule has 30 heavy (non-hydrogen) atoms. The number of aryl methyl sites for hydroxylation is 1. The lowest BCUT2D eigenvalue weighted by molar-refractivity contribution is -0.134. The summed E-state index contributed by atoms with van der Waals surface area (Å²) in [6.07, 6.45) is 2.89. The molecule has 3 heterocycles. The van der Waals surface area contributed by atoms with Crippen LogP contribution in [0.5, 0.6) is 0 Å². The molecule has 0 unspecified atom stereocenters. The number of rotatable bonds is 7. The first-order chi connectivity index (χ1) is 14.5. The van der Waals surface area contributed by atoms with Gasteiger partial charge >= 0.3 is 6.03 Å². The number of carbonyl (C=O) groups excluding carboxylic acids is 3. The summed E-state index contributed by atoms with van der Waals surface area (Å²) in [5.74, 6) is -0.283. The van der Waals surface area contributed by atoms with E-state index in [1.165, 1.54) is 0 Å². The van der Waals surface area contributed by atoms with Crippen molar-refractivity contribution in [1.82, 2.24) is 30.1 Å². The van der Waals surface area contributed by atoms with Gasteiger partial charge in [0, 0.05) is 6.20 Å². The third kappa shape index (κ3) is 3.86. The van der Waals surface area contributed by atoms with Gasteiger partial charge in [-0.25, -0.2) is 4.79 Å². The maximum atomic E-state index is 12.8. The third-order valence-corrected chi connectivity index (χ3v) is 5.23. The number of hydrogen-bond donors (Lipinski definition) is 2. The van der Waals surface area contributed by atoms with Crippen LogP contribution in [0.4, 0.5) is 4.79 Å². The van der Waals surface area contributed by atoms with E-state index in [4.69, 9.17) is 0 Å². The van der Waals surface area contributed by atoms with Crippen molar-refractivity contribution in [1.29, 1.82) is 0 Å². The summed E-state index contributed by atoms with van der Waals surface area (Å²) in [5.41, 5.74) is 0.721. The summed E-state index contributed by atoms with van der Waals surface area (Å²) in [6, 6.07) is 14.7. The van der Waals surface area contributed by atoms with Crippen LogP contribution in [0.15, 0.2) is 54.7 Å². The number of urea groups is 1. The fraction of sp³-hybridized carbons (Fsp3) is 0.286. The van der Waals surface area contributed by atoms with Gasteiger partial charge in [-0.1, -0.05) is 36.4 Å². The molecule has 1 aliphatic rings. The largest absolute Gasteiger partial charge is 0.347 e. The van der Waals surface area contributed by atoms with Crippen LogP contribution in [-0.4, -0.2) is 49.4 Å². The van der Waals surface area contributed by atoms with E-state index >= 15 is 0 Å². The lowest BCUT2D eigenvalue weighted by atomic mass is 9.93. The molecule has 4 rings (SSSR count). The Hall–Kier alpha value is -3.75. The SMILES string of the molecule is C[C@@]1(CCc2ccccc2)NC(=O)N(CC(=O)NCc2nnc3ccccn23)C1=O. The Labute approximate surface area is 173 Å². The monoisotopic (exact) mass is 406 g/mol. The molecular weight excluding hydrogens is 384 g/mol. The van der Waals surface area contributed by atoms with Crippen LogP contribution in [0.3, 0.4) is 0 Å². The molecule has 4 amide bonds. The lowest BCUT2D eigenvalue weighted by Crippen LogP contribution is -2.45. The molecule has 1 atom stereocenters. The Bertz CT molecular complexity index is 1100. The number of nitrogens with one attached hydrogen (secondary N) is 2. The predicted octanol–water partition coefficient (Wildman–Crippen LogP) is 1.29. The number of hydrogen-bond acceptors (Lipinski definition) is 5. The molecule has 1 aliphatic heterocycles. The van der Waals surface area contributed by atoms with Gasteiger partial charge in [0.15, 0.2) is 11.5 Å². The molecule has 0 radical (unpaired) electrons. The molecule has 1 fully saturated rings. The van der Waals surface area contributed by atoms with Crippen LogP contribution in [0.1, 0.15) is 24.7 Å². The second-order valence-corrected chi connectivity index (χ2v) is 7.46. The van der Waals surface area contributed by atoms with Gasteiger partial charge in [-0.05, 0) is 37.5 Å². The molecule has 2 N–H and O–H groups in total. The first-order valence-corrected chi connectivity index (χ1v) is 9.70. The zero-order valence-electron chi connectivity index (χ0n) is 16.5. The first-order valence-electron chi connectivity index (χ1n) is 9.70. The average Bonchev–Trinajstić information content (AvgIpc) is 3.26. The summed E-state index contributed by atoms with van der Waals surface area (Å²) in [6.45, 7) is 1.48. The van der Waals surface area contributed by atoms with E-state index in [-0.39, 0.29) is 13.1 Å². The Kier molecular flexibility index (Phi) is 5.18. The number of benzene rings is 1. The normalized spacial score (nSPS) is 18.6. The molecule has 154 valence electrons. The van der Waals surface area contributed by atoms with Crippen molar-refractivity contribution in [2.75, 3.05) is 6.54 Å². The van der Waals surface area contributed by atoms with E-state index in [2.05, 4.69) is 20.8 Å². The fourth-order valence-corrected chi connectivity index (χ4v) is 3.49. The van der Waals surface area contributed by atoms with Gasteiger partial charge < -0.3 is 10.6 Å². The molecule has 0 aliphatic carbocycles. The number of amides is 4. The van der Waals surface area contributed by atoms with E-state index in [0.717, 1.165) is 10.5 Å². The Balaban J connectivity index is 1.35. The molecule has 9 heteroatoms. The first kappa shape index (κ1) is 19.6. The third-order valence-electron chi connectivity index (χ3n) is 5.23. The van der Waals surface area contributed by atoms with E-state index in [9.17, 15) is 14.4 Å². The highest BCUT2D eigenvalue weighted by molar-refractivity contribution is 6.08. The topological polar surface area (TPSA) is 109 Å². The standard InChI is InChI=1S/C21H22N6O3/c1-21(11-10-15-7-3-2-4-8-15)19(29)27(20(30)23-21)14-18(28)22-13-17-25-24-16-9-5-6-12-26(16)17/h2-9,12H,10-11,13-14H2,1H3,(H,22,28)(H,23,30)/t21-/m0/s1. The zero-order chi connectivity index (χ0) is 21.1. The van der Waals surface area contributed by atoms with Crippen molar-refractivity contribution in [2.24, 2.45) is 0 Å². The molecule has 1 saturated heterocycles. The molecule has 0 saturated carbocycles. The summed E-state index contributed by atoms with van der Waals surface area (Å²) >= 11 is 0. The van der Waals surface area contributed by atoms with E-state index in [1.54, 1.807) is 17.5 Å². The molecule has 0 bridgehead atoms. The minimum absolute atomic E-state index is 0.138. The second-order valence-electron chi connectivity index (χ2n) is 7.46. The van der Waals surface area contributed by atoms with Gasteiger partial charge in [0.25, 0.3) is 5.91 Å². The van der Waals surface area contributed by atoms with Crippen molar-refractivity contribution < 1.29 is 14.4 Å². The molecule has 1 aromatic carbocycles. The number of carbonyl (C=O) groups is 3. The number of aromatic nitrogens is 3. The maximum Gasteiger partial charge on any atom is 0.325 e. The van der Waals surface area contributed by atoms with Crippen molar-refractivity contribution in [3.8, 4) is 0 Å². The van der Waals surface area contributed by atoms with Gasteiger partial charge in [-0.15, -0.1) is 10.2 Å². The minimum atomic E-state index is -1.03. The highest BCUT2D eigenvalue weighted by Crippen LogP contribution is 2.23. The van der Waals surface area contributed by atoms with E-state index in [1.807, 2.05) is 48.5 Å². The van der Waals surface area contributed by atoms with Gasteiger partial charge in [0.05, 0.1) is 6.54 Å². The van der Waals surface area contributed by atoms with Gasteiger partial charge in [-0.3, -0.25) is 18.9 Å². The van der Waals surface area contributed by atoms with E-state index < -0.39 is 23.4 Å². The maximum absolute atomic E-state index is 12.8. The number of imide groups is 1. The van der Waals surface area contributed by atoms with Crippen LogP contribution in [0.2, 0.25) is 0 Å². The summed E-state index contributed by atoms with van der Waals surface area (Å²) < 4.78 is 1.76. The van der Waals surface area contributed by atoms with Crippen LogP contribution >= 0.6 is 0 Å². The molecule has 0 spiro atoms. The predicted molar refractivity (Wildman–Crippen MR) is 108 cm³/mol. The number of fused-ring (bicyclic) bond motifs is 1. The Morgan fingerprint density at radius 3 is 2.67 bits per heavy atom. The van der Waals surface area contributed by atoms with Crippen LogP contribution in [-0.2, 0) is 22.6 Å². The van der Waals surface area contributed by atoms with Crippen molar-refractivity contribution in [2.45, 2.75) is 31.8 Å². The lowest BCUT2D eigenvalue weighted by Gasteiger charge is -2.21. The zero-order valence-corrected chi connectivity index (χ0v) is 16.5. The van der Waals surface area contributed by atoms with E-state index in [0.29, 0.717) is 24.3 Å². The number of nitrogens with zero attached hydrogens (tertiary/aromatic N) is 4. The quantitative estimate of drug-likeness (QED) is 0.575. The van der Waals surface area contributed by atoms with Crippen LogP contribution in [0.25, 0.3) is 5.65 Å². The second kappa shape index (κ2) is 7.94. The Morgan fingerprint density at radius 1 is 1.10 bits per heavy atom. The van der Waals surface area contributed by atoms with Crippen LogP contribution < -0.4 is 10.6 Å². The van der Waals surface area contributed by atoms with Crippen molar-refractivity contribution >= 4 is 23.5 Å². The van der Waals surface area contributed by atoms with Gasteiger partial charge in [0.2, 0.25) is 5.91 Å². The highest BCUT2D eigenvalue weighted by Gasteiger charge is 2.47. The number of pyridine rings is 1. The van der Waals surface area contributed by atoms with Crippen molar-refractivity contribution in [3.63, 3.8) is 0 Å². The average molecular weight is 406 g/mol. The molecule has 2 aromatic heterocycles. The summed E-state index contributed by atoms with van der Waals surface area (Å²) in [7, 11) is 0. The summed E-state index contributed by atoms with van der Waals surface area (Å²) in [5, 5.41) is 13.5. The van der Waals surface area contributed by atoms with Gasteiger partial charge in [0.1, 0.15) is 12.1 Å². The highest BCUT2D eigenvalue weighted by atomic mass is 16.2.